The number of hydrogen-bond acceptors (Lipinski definition) is 5. The molecule has 2 aromatic carbocycles. The lowest BCUT2D eigenvalue weighted by atomic mass is 9.97. The number of carbonyl (C=O) groups is 1. The van der Waals surface area contributed by atoms with Gasteiger partial charge in [-0.3, -0.25) is 0 Å². The van der Waals surface area contributed by atoms with Gasteiger partial charge in [-0.2, -0.15) is 0 Å². The second-order valence-corrected chi connectivity index (χ2v) is 7.16. The first-order valence-electron chi connectivity index (χ1n) is 9.40. The summed E-state index contributed by atoms with van der Waals surface area (Å²) in [6.45, 7) is 3.23. The van der Waals surface area contributed by atoms with E-state index in [1.54, 1.807) is 50.2 Å². The molecule has 7 nitrogen and oxygen atoms in total. The summed E-state index contributed by atoms with van der Waals surface area (Å²) in [5.41, 5.74) is -0.149. The summed E-state index contributed by atoms with van der Waals surface area (Å²) >= 11 is 0. The first kappa shape index (κ1) is 22.9. The van der Waals surface area contributed by atoms with Gasteiger partial charge in [0.2, 0.25) is 5.88 Å². The van der Waals surface area contributed by atoms with Crippen molar-refractivity contribution >= 4 is 17.4 Å². The average Bonchev–Trinajstić information content (AvgIpc) is 2.69. The number of hydrogen-bond donors (Lipinski definition) is 3. The number of benzene rings is 2. The van der Waals surface area contributed by atoms with Crippen molar-refractivity contribution in [3.05, 3.63) is 72.4 Å². The predicted molar refractivity (Wildman–Crippen MR) is 112 cm³/mol. The van der Waals surface area contributed by atoms with Gasteiger partial charge < -0.3 is 25.2 Å². The van der Waals surface area contributed by atoms with Crippen molar-refractivity contribution in [3.63, 3.8) is 0 Å². The minimum atomic E-state index is -4.80. The van der Waals surface area contributed by atoms with Gasteiger partial charge in [0.15, 0.2) is 0 Å². The van der Waals surface area contributed by atoms with Crippen LogP contribution in [0.4, 0.5) is 29.3 Å². The van der Waals surface area contributed by atoms with Crippen molar-refractivity contribution in [1.29, 1.82) is 0 Å². The minimum absolute atomic E-state index is 0.0910. The number of nitrogens with one attached hydrogen (secondary N) is 2. The molecule has 1 aromatic heterocycles. The summed E-state index contributed by atoms with van der Waals surface area (Å²) in [6, 6.07) is 14.0. The molecular formula is C22H20F3N3O4. The van der Waals surface area contributed by atoms with Crippen molar-refractivity contribution in [1.82, 2.24) is 4.98 Å². The van der Waals surface area contributed by atoms with Crippen LogP contribution in [-0.2, 0) is 5.60 Å². The molecule has 0 radical (unpaired) electrons. The van der Waals surface area contributed by atoms with E-state index in [4.69, 9.17) is 4.74 Å². The molecule has 3 rings (SSSR count). The number of aromatic nitrogens is 1. The fourth-order valence-corrected chi connectivity index (χ4v) is 2.76. The summed E-state index contributed by atoms with van der Waals surface area (Å²) in [5, 5.41) is 15.4. The van der Waals surface area contributed by atoms with Crippen molar-refractivity contribution < 1.29 is 32.5 Å². The Bertz CT molecular complexity index is 1080. The molecule has 3 aromatic rings. The van der Waals surface area contributed by atoms with E-state index in [9.17, 15) is 23.1 Å². The lowest BCUT2D eigenvalue weighted by Crippen LogP contribution is -2.20. The zero-order valence-electron chi connectivity index (χ0n) is 17.1. The lowest BCUT2D eigenvalue weighted by molar-refractivity contribution is -0.274. The summed E-state index contributed by atoms with van der Waals surface area (Å²) in [4.78, 5) is 16.5. The number of ether oxygens (including phenoxy) is 2. The van der Waals surface area contributed by atoms with Gasteiger partial charge in [0.25, 0.3) is 0 Å². The van der Waals surface area contributed by atoms with Gasteiger partial charge in [-0.05, 0) is 56.3 Å². The maximum absolute atomic E-state index is 12.4. The molecule has 1 heterocycles. The zero-order chi connectivity index (χ0) is 23.4. The van der Waals surface area contributed by atoms with Crippen molar-refractivity contribution in [2.24, 2.45) is 0 Å². The fourth-order valence-electron chi connectivity index (χ4n) is 2.76. The van der Waals surface area contributed by atoms with Crippen LogP contribution < -0.4 is 20.1 Å². The SMILES string of the molecule is CC(C)(O)c1ccccc1Oc1ncccc1NC(=O)Nc1ccc(OC(F)(F)F)cc1. The monoisotopic (exact) mass is 447 g/mol. The smallest absolute Gasteiger partial charge is 0.437 e. The van der Waals surface area contributed by atoms with Crippen LogP contribution in [0.1, 0.15) is 19.4 Å². The van der Waals surface area contributed by atoms with Crippen LogP contribution >= 0.6 is 0 Å². The van der Waals surface area contributed by atoms with E-state index in [0.717, 1.165) is 12.1 Å². The molecule has 0 saturated carbocycles. The summed E-state index contributed by atoms with van der Waals surface area (Å²) in [5.74, 6) is 0.0487. The number of halogens is 3. The third-order valence-electron chi connectivity index (χ3n) is 4.12. The van der Waals surface area contributed by atoms with E-state index < -0.39 is 23.7 Å². The molecule has 0 spiro atoms. The van der Waals surface area contributed by atoms with Crippen molar-refractivity contribution in [2.75, 3.05) is 10.6 Å². The fraction of sp³-hybridized carbons (Fsp3) is 0.182. The molecule has 32 heavy (non-hydrogen) atoms. The van der Waals surface area contributed by atoms with Gasteiger partial charge in [0.1, 0.15) is 17.2 Å². The zero-order valence-corrected chi connectivity index (χ0v) is 17.1. The van der Waals surface area contributed by atoms with Crippen LogP contribution in [0.25, 0.3) is 0 Å². The Morgan fingerprint density at radius 2 is 1.66 bits per heavy atom. The first-order valence-corrected chi connectivity index (χ1v) is 9.40. The molecule has 0 aliphatic rings. The van der Waals surface area contributed by atoms with Gasteiger partial charge in [0, 0.05) is 17.4 Å². The largest absolute Gasteiger partial charge is 0.573 e. The number of rotatable bonds is 6. The Morgan fingerprint density at radius 3 is 2.31 bits per heavy atom. The quantitative estimate of drug-likeness (QED) is 0.455. The van der Waals surface area contributed by atoms with Crippen molar-refractivity contribution in [3.8, 4) is 17.4 Å². The molecule has 0 aliphatic carbocycles. The van der Waals surface area contributed by atoms with E-state index in [1.165, 1.54) is 18.3 Å². The number of anilines is 2. The number of aliphatic hydroxyl groups is 1. The topological polar surface area (TPSA) is 92.7 Å². The Hall–Kier alpha value is -3.79. The number of carbonyl (C=O) groups excluding carboxylic acids is 1. The van der Waals surface area contributed by atoms with Gasteiger partial charge in [0.05, 0.1) is 5.60 Å². The van der Waals surface area contributed by atoms with E-state index >= 15 is 0 Å². The van der Waals surface area contributed by atoms with Crippen molar-refractivity contribution in [2.45, 2.75) is 25.8 Å². The molecule has 0 aliphatic heterocycles. The van der Waals surface area contributed by atoms with Gasteiger partial charge in [-0.15, -0.1) is 13.2 Å². The van der Waals surface area contributed by atoms with Crippen LogP contribution in [0.5, 0.6) is 17.4 Å². The number of para-hydroxylation sites is 1. The third kappa shape index (κ3) is 6.35. The molecule has 0 unspecified atom stereocenters. The van der Waals surface area contributed by atoms with E-state index in [-0.39, 0.29) is 17.3 Å². The molecule has 168 valence electrons. The number of nitrogens with zero attached hydrogens (tertiary/aromatic N) is 1. The highest BCUT2D eigenvalue weighted by Crippen LogP contribution is 2.34. The van der Waals surface area contributed by atoms with E-state index in [2.05, 4.69) is 20.4 Å². The highest BCUT2D eigenvalue weighted by molar-refractivity contribution is 6.00. The Kier molecular flexibility index (Phi) is 6.54. The molecule has 0 atom stereocenters. The van der Waals surface area contributed by atoms with Gasteiger partial charge in [-0.25, -0.2) is 9.78 Å². The maximum atomic E-state index is 12.4. The molecule has 0 saturated heterocycles. The number of urea groups is 1. The Labute approximate surface area is 181 Å². The minimum Gasteiger partial charge on any atom is -0.437 e. The normalized spacial score (nSPS) is 11.6. The summed E-state index contributed by atoms with van der Waals surface area (Å²) in [6.07, 6.45) is -3.32. The Morgan fingerprint density at radius 1 is 0.969 bits per heavy atom. The van der Waals surface area contributed by atoms with Crippen LogP contribution in [-0.4, -0.2) is 22.5 Å². The summed E-state index contributed by atoms with van der Waals surface area (Å²) in [7, 11) is 0. The molecule has 0 bridgehead atoms. The molecule has 0 fully saturated rings. The predicted octanol–water partition coefficient (Wildman–Crippen LogP) is 5.64. The average molecular weight is 447 g/mol. The highest BCUT2D eigenvalue weighted by atomic mass is 19.4. The maximum Gasteiger partial charge on any atom is 0.573 e. The van der Waals surface area contributed by atoms with Crippen LogP contribution in [0.15, 0.2) is 66.9 Å². The lowest BCUT2D eigenvalue weighted by Gasteiger charge is -2.21. The van der Waals surface area contributed by atoms with E-state index in [1.807, 2.05) is 0 Å². The summed E-state index contributed by atoms with van der Waals surface area (Å²) < 4.78 is 46.4. The van der Waals surface area contributed by atoms with Gasteiger partial charge in [-0.1, -0.05) is 18.2 Å². The number of alkyl halides is 3. The Balaban J connectivity index is 1.71. The molecule has 10 heteroatoms. The number of amides is 2. The van der Waals surface area contributed by atoms with Crippen LogP contribution in [0.3, 0.4) is 0 Å². The molecule has 2 amide bonds. The third-order valence-corrected chi connectivity index (χ3v) is 4.12. The van der Waals surface area contributed by atoms with Crippen LogP contribution in [0, 0.1) is 0 Å². The first-order chi connectivity index (χ1) is 15.0. The second kappa shape index (κ2) is 9.15. The standard InChI is InChI=1S/C22H20F3N3O4/c1-21(2,30)16-6-3-4-8-18(16)31-19-17(7-5-13-26-19)28-20(29)27-14-9-11-15(12-10-14)32-22(23,24)25/h3-13,30H,1-2H3,(H2,27,28,29). The van der Waals surface area contributed by atoms with E-state index in [0.29, 0.717) is 11.3 Å². The second-order valence-electron chi connectivity index (χ2n) is 7.16. The molecule has 3 N–H and O–H groups in total. The molecular weight excluding hydrogens is 427 g/mol. The number of pyridine rings is 1. The highest BCUT2D eigenvalue weighted by Gasteiger charge is 2.31. The van der Waals surface area contributed by atoms with Gasteiger partial charge >= 0.3 is 12.4 Å². The van der Waals surface area contributed by atoms with Crippen LogP contribution in [0.2, 0.25) is 0 Å².